The molecule has 8 heteroatoms. The van der Waals surface area contributed by atoms with E-state index in [2.05, 4.69) is 15.6 Å². The molecule has 2 aromatic rings. The van der Waals surface area contributed by atoms with Crippen LogP contribution in [-0.4, -0.2) is 32.6 Å². The number of benzene rings is 1. The lowest BCUT2D eigenvalue weighted by Crippen LogP contribution is -2.17. The average Bonchev–Trinajstić information content (AvgIpc) is 2.86. The number of carboxylic acid groups (broad SMARTS) is 1. The van der Waals surface area contributed by atoms with E-state index in [0.717, 1.165) is 0 Å². The van der Waals surface area contributed by atoms with Crippen molar-refractivity contribution < 1.29 is 14.3 Å². The predicted octanol–water partition coefficient (Wildman–Crippen LogP) is 1.62. The zero-order valence-electron chi connectivity index (χ0n) is 10.4. The lowest BCUT2D eigenvalue weighted by molar-refractivity contribution is -0.136. The standard InChI is InChI=1S/C12H12ClFN4O2/c13-10-5-9(1-2-11(10)14)18-7-8(16-17-18)6-15-4-3-12(19)20/h1-2,5,7,15H,3-4,6H2,(H,19,20). The van der Waals surface area contributed by atoms with Crippen molar-refractivity contribution in [1.82, 2.24) is 20.3 Å². The molecule has 0 saturated heterocycles. The van der Waals surface area contributed by atoms with Gasteiger partial charge >= 0.3 is 5.97 Å². The molecular weight excluding hydrogens is 287 g/mol. The smallest absolute Gasteiger partial charge is 0.304 e. The first-order chi connectivity index (χ1) is 9.56. The fraction of sp³-hybridized carbons (Fsp3) is 0.250. The van der Waals surface area contributed by atoms with Gasteiger partial charge in [-0.2, -0.15) is 0 Å². The summed E-state index contributed by atoms with van der Waals surface area (Å²) in [4.78, 5) is 10.3. The van der Waals surface area contributed by atoms with Crippen LogP contribution in [0, 0.1) is 5.82 Å². The van der Waals surface area contributed by atoms with Crippen molar-refractivity contribution in [2.75, 3.05) is 6.54 Å². The van der Waals surface area contributed by atoms with Crippen LogP contribution in [0.25, 0.3) is 5.69 Å². The van der Waals surface area contributed by atoms with E-state index in [1.165, 1.54) is 22.9 Å². The van der Waals surface area contributed by atoms with Crippen molar-refractivity contribution in [3.63, 3.8) is 0 Å². The number of carbonyl (C=O) groups is 1. The van der Waals surface area contributed by atoms with Gasteiger partial charge in [-0.25, -0.2) is 9.07 Å². The number of hydrogen-bond donors (Lipinski definition) is 2. The Balaban J connectivity index is 1.97. The van der Waals surface area contributed by atoms with Gasteiger partial charge in [0.1, 0.15) is 5.82 Å². The fourth-order valence-corrected chi connectivity index (χ4v) is 1.72. The monoisotopic (exact) mass is 298 g/mol. The maximum absolute atomic E-state index is 13.1. The van der Waals surface area contributed by atoms with Gasteiger partial charge in [-0.15, -0.1) is 5.10 Å². The number of nitrogens with one attached hydrogen (secondary N) is 1. The molecule has 6 nitrogen and oxygen atoms in total. The molecule has 0 atom stereocenters. The highest BCUT2D eigenvalue weighted by molar-refractivity contribution is 6.30. The van der Waals surface area contributed by atoms with Crippen LogP contribution in [0.3, 0.4) is 0 Å². The van der Waals surface area contributed by atoms with Gasteiger partial charge in [-0.3, -0.25) is 4.79 Å². The second-order valence-corrected chi connectivity index (χ2v) is 4.48. The molecule has 0 aliphatic carbocycles. The number of nitrogens with zero attached hydrogens (tertiary/aromatic N) is 3. The molecular formula is C12H12ClFN4O2. The summed E-state index contributed by atoms with van der Waals surface area (Å²) in [5, 5.41) is 19.3. The third-order valence-electron chi connectivity index (χ3n) is 2.53. The zero-order valence-corrected chi connectivity index (χ0v) is 11.1. The number of aromatic nitrogens is 3. The highest BCUT2D eigenvalue weighted by Gasteiger charge is 2.06. The highest BCUT2D eigenvalue weighted by atomic mass is 35.5. The molecule has 106 valence electrons. The predicted molar refractivity (Wildman–Crippen MR) is 70.3 cm³/mol. The van der Waals surface area contributed by atoms with Crippen molar-refractivity contribution in [3.8, 4) is 5.69 Å². The normalized spacial score (nSPS) is 10.7. The maximum Gasteiger partial charge on any atom is 0.304 e. The van der Waals surface area contributed by atoms with Crippen LogP contribution in [0.4, 0.5) is 4.39 Å². The molecule has 20 heavy (non-hydrogen) atoms. The summed E-state index contributed by atoms with van der Waals surface area (Å²) in [5.74, 6) is -1.35. The van der Waals surface area contributed by atoms with E-state index in [4.69, 9.17) is 16.7 Å². The van der Waals surface area contributed by atoms with E-state index in [1.54, 1.807) is 6.20 Å². The lowest BCUT2D eigenvalue weighted by Gasteiger charge is -2.01. The van der Waals surface area contributed by atoms with Crippen molar-refractivity contribution >= 4 is 17.6 Å². The van der Waals surface area contributed by atoms with Gasteiger partial charge < -0.3 is 10.4 Å². The summed E-state index contributed by atoms with van der Waals surface area (Å²) < 4.78 is 14.5. The van der Waals surface area contributed by atoms with Crippen molar-refractivity contribution in [2.45, 2.75) is 13.0 Å². The van der Waals surface area contributed by atoms with Crippen LogP contribution in [-0.2, 0) is 11.3 Å². The number of aliphatic carboxylic acids is 1. The Bertz CT molecular complexity index is 617. The van der Waals surface area contributed by atoms with Crippen LogP contribution in [0.15, 0.2) is 24.4 Å². The van der Waals surface area contributed by atoms with Gasteiger partial charge in [0.25, 0.3) is 0 Å². The van der Waals surface area contributed by atoms with Crippen LogP contribution in [0.1, 0.15) is 12.1 Å². The van der Waals surface area contributed by atoms with Crippen molar-refractivity contribution in [3.05, 3.63) is 40.9 Å². The Hall–Kier alpha value is -1.99. The van der Waals surface area contributed by atoms with E-state index >= 15 is 0 Å². The van der Waals surface area contributed by atoms with Gasteiger partial charge in [0.2, 0.25) is 0 Å². The summed E-state index contributed by atoms with van der Waals surface area (Å²) in [6, 6.07) is 4.24. The van der Waals surface area contributed by atoms with Crippen molar-refractivity contribution in [2.24, 2.45) is 0 Å². The Morgan fingerprint density at radius 1 is 1.50 bits per heavy atom. The molecule has 2 N–H and O–H groups in total. The first kappa shape index (κ1) is 14.4. The minimum Gasteiger partial charge on any atom is -0.481 e. The number of carboxylic acids is 1. The molecule has 1 heterocycles. The topological polar surface area (TPSA) is 80.0 Å². The van der Waals surface area contributed by atoms with Crippen LogP contribution < -0.4 is 5.32 Å². The van der Waals surface area contributed by atoms with Crippen LogP contribution in [0.2, 0.25) is 5.02 Å². The van der Waals surface area contributed by atoms with Gasteiger partial charge in [0, 0.05) is 13.1 Å². The van der Waals surface area contributed by atoms with Gasteiger partial charge in [0.15, 0.2) is 0 Å². The molecule has 0 spiro atoms. The molecule has 2 rings (SSSR count). The molecule has 0 bridgehead atoms. The first-order valence-electron chi connectivity index (χ1n) is 5.85. The minimum atomic E-state index is -0.859. The van der Waals surface area contributed by atoms with E-state index < -0.39 is 11.8 Å². The van der Waals surface area contributed by atoms with Crippen LogP contribution >= 0.6 is 11.6 Å². The SMILES string of the molecule is O=C(O)CCNCc1cn(-c2ccc(F)c(Cl)c2)nn1. The minimum absolute atomic E-state index is 0.0131. The summed E-state index contributed by atoms with van der Waals surface area (Å²) in [6.07, 6.45) is 1.71. The average molecular weight is 299 g/mol. The number of hydrogen-bond acceptors (Lipinski definition) is 4. The molecule has 0 saturated carbocycles. The zero-order chi connectivity index (χ0) is 14.5. The largest absolute Gasteiger partial charge is 0.481 e. The van der Waals surface area contributed by atoms with Gasteiger partial charge in [-0.1, -0.05) is 16.8 Å². The Morgan fingerprint density at radius 3 is 3.00 bits per heavy atom. The lowest BCUT2D eigenvalue weighted by atomic mass is 10.3. The number of rotatable bonds is 6. The summed E-state index contributed by atoms with van der Waals surface area (Å²) in [7, 11) is 0. The Morgan fingerprint density at radius 2 is 2.30 bits per heavy atom. The van der Waals surface area contributed by atoms with E-state index in [1.807, 2.05) is 0 Å². The van der Waals surface area contributed by atoms with Crippen LogP contribution in [0.5, 0.6) is 0 Å². The fourth-order valence-electron chi connectivity index (χ4n) is 1.54. The summed E-state index contributed by atoms with van der Waals surface area (Å²) in [5.41, 5.74) is 1.25. The second kappa shape index (κ2) is 6.44. The molecule has 0 fully saturated rings. The summed E-state index contributed by atoms with van der Waals surface area (Å²) >= 11 is 5.70. The van der Waals surface area contributed by atoms with Crippen molar-refractivity contribution in [1.29, 1.82) is 0 Å². The van der Waals surface area contributed by atoms with Gasteiger partial charge in [0.05, 0.1) is 29.0 Å². The molecule has 0 aliphatic rings. The summed E-state index contributed by atoms with van der Waals surface area (Å²) in [6.45, 7) is 0.757. The molecule has 0 radical (unpaired) electrons. The molecule has 0 unspecified atom stereocenters. The second-order valence-electron chi connectivity index (χ2n) is 4.07. The Kier molecular flexibility index (Phi) is 4.65. The quantitative estimate of drug-likeness (QED) is 0.792. The first-order valence-corrected chi connectivity index (χ1v) is 6.23. The number of halogens is 2. The van der Waals surface area contributed by atoms with E-state index in [0.29, 0.717) is 24.5 Å². The van der Waals surface area contributed by atoms with Gasteiger partial charge in [-0.05, 0) is 18.2 Å². The Labute approximate surface area is 119 Å². The maximum atomic E-state index is 13.1. The third kappa shape index (κ3) is 3.75. The van der Waals surface area contributed by atoms with E-state index in [9.17, 15) is 9.18 Å². The molecule has 1 aromatic carbocycles. The van der Waals surface area contributed by atoms with E-state index in [-0.39, 0.29) is 11.4 Å². The molecule has 1 aromatic heterocycles. The molecule has 0 amide bonds. The third-order valence-corrected chi connectivity index (χ3v) is 2.82. The highest BCUT2D eigenvalue weighted by Crippen LogP contribution is 2.18. The molecule has 0 aliphatic heterocycles.